The van der Waals surface area contributed by atoms with E-state index in [0.29, 0.717) is 39.0 Å². The lowest BCUT2D eigenvalue weighted by Crippen LogP contribution is -2.53. The molecule has 31 heavy (non-hydrogen) atoms. The standard InChI is InChI=1S/C19H40N6O6/c20-6-1-8-24-17(27)4-11-30-14-19(23,13-29-10-3-16(22)26)15-31-12-5-18(28)25-9-2-7-21/h1-15,20-21,23H2,(H2,22,26)(H,24,27)(H,25,28). The topological polar surface area (TPSA) is 207 Å². The zero-order valence-electron chi connectivity index (χ0n) is 18.4. The van der Waals surface area contributed by atoms with Gasteiger partial charge in [0.2, 0.25) is 17.7 Å². The fourth-order valence-corrected chi connectivity index (χ4v) is 2.29. The second-order valence-electron chi connectivity index (χ2n) is 7.22. The van der Waals surface area contributed by atoms with Crippen LogP contribution in [0.5, 0.6) is 0 Å². The minimum absolute atomic E-state index is 0.0612. The van der Waals surface area contributed by atoms with Gasteiger partial charge in [-0.2, -0.15) is 0 Å². The van der Waals surface area contributed by atoms with Gasteiger partial charge in [-0.3, -0.25) is 14.4 Å². The molecule has 12 heteroatoms. The van der Waals surface area contributed by atoms with Crippen molar-refractivity contribution < 1.29 is 28.6 Å². The maximum atomic E-state index is 11.7. The fraction of sp³-hybridized carbons (Fsp3) is 0.842. The third-order valence-corrected chi connectivity index (χ3v) is 4.01. The monoisotopic (exact) mass is 448 g/mol. The van der Waals surface area contributed by atoms with Crippen LogP contribution in [0.2, 0.25) is 0 Å². The molecule has 0 spiro atoms. The summed E-state index contributed by atoms with van der Waals surface area (Å²) in [5.41, 5.74) is 21.2. The Kier molecular flexibility index (Phi) is 17.8. The van der Waals surface area contributed by atoms with E-state index in [1.165, 1.54) is 0 Å². The molecule has 0 aliphatic heterocycles. The SMILES string of the molecule is NCCCNC(=O)CCOCC(N)(COCCC(N)=O)COCCC(=O)NCCCN. The Morgan fingerprint density at radius 3 is 1.45 bits per heavy atom. The number of amides is 3. The van der Waals surface area contributed by atoms with Gasteiger partial charge in [0.15, 0.2) is 0 Å². The fourth-order valence-electron chi connectivity index (χ4n) is 2.29. The normalized spacial score (nSPS) is 11.3. The van der Waals surface area contributed by atoms with E-state index < -0.39 is 11.4 Å². The predicted molar refractivity (Wildman–Crippen MR) is 116 cm³/mol. The van der Waals surface area contributed by atoms with Gasteiger partial charge in [-0.15, -0.1) is 0 Å². The summed E-state index contributed by atoms with van der Waals surface area (Å²) < 4.78 is 16.5. The van der Waals surface area contributed by atoms with Gasteiger partial charge in [0.25, 0.3) is 0 Å². The highest BCUT2D eigenvalue weighted by Crippen LogP contribution is 2.06. The van der Waals surface area contributed by atoms with Gasteiger partial charge in [0, 0.05) is 32.4 Å². The van der Waals surface area contributed by atoms with E-state index in [1.54, 1.807) is 0 Å². The Balaban J connectivity index is 4.30. The summed E-state index contributed by atoms with van der Waals surface area (Å²) in [6.45, 7) is 2.76. The van der Waals surface area contributed by atoms with Crippen molar-refractivity contribution in [3.05, 3.63) is 0 Å². The number of rotatable bonds is 21. The number of carbonyl (C=O) groups is 3. The Morgan fingerprint density at radius 1 is 0.710 bits per heavy atom. The molecule has 0 rings (SSSR count). The molecule has 0 unspecified atom stereocenters. The summed E-state index contributed by atoms with van der Waals surface area (Å²) >= 11 is 0. The van der Waals surface area contributed by atoms with Crippen molar-refractivity contribution in [3.8, 4) is 0 Å². The van der Waals surface area contributed by atoms with Crippen LogP contribution >= 0.6 is 0 Å². The number of nitrogens with one attached hydrogen (secondary N) is 2. The molecular formula is C19H40N6O6. The zero-order valence-corrected chi connectivity index (χ0v) is 18.4. The number of ether oxygens (including phenoxy) is 3. The molecule has 0 aromatic heterocycles. The van der Waals surface area contributed by atoms with E-state index in [9.17, 15) is 14.4 Å². The molecule has 0 saturated heterocycles. The van der Waals surface area contributed by atoms with Crippen molar-refractivity contribution in [2.75, 3.05) is 65.8 Å². The van der Waals surface area contributed by atoms with Crippen molar-refractivity contribution in [2.45, 2.75) is 37.6 Å². The number of carbonyl (C=O) groups excluding carboxylic acids is 3. The maximum Gasteiger partial charge on any atom is 0.222 e. The first-order valence-corrected chi connectivity index (χ1v) is 10.6. The van der Waals surface area contributed by atoms with Crippen LogP contribution in [0.4, 0.5) is 0 Å². The molecule has 0 aliphatic carbocycles. The molecule has 0 atom stereocenters. The molecule has 0 radical (unpaired) electrons. The van der Waals surface area contributed by atoms with Crippen LogP contribution in [0.25, 0.3) is 0 Å². The summed E-state index contributed by atoms with van der Waals surface area (Å²) in [6, 6.07) is 0. The average molecular weight is 449 g/mol. The lowest BCUT2D eigenvalue weighted by molar-refractivity contribution is -0.122. The average Bonchev–Trinajstić information content (AvgIpc) is 2.72. The zero-order chi connectivity index (χ0) is 23.4. The molecule has 10 N–H and O–H groups in total. The molecule has 0 aliphatic rings. The third kappa shape index (κ3) is 18.6. The molecule has 12 nitrogen and oxygen atoms in total. The van der Waals surface area contributed by atoms with E-state index in [4.69, 9.17) is 37.1 Å². The van der Waals surface area contributed by atoms with Crippen molar-refractivity contribution >= 4 is 17.7 Å². The van der Waals surface area contributed by atoms with Gasteiger partial charge in [-0.1, -0.05) is 0 Å². The summed E-state index contributed by atoms with van der Waals surface area (Å²) in [5, 5.41) is 5.47. The van der Waals surface area contributed by atoms with Crippen LogP contribution in [0.3, 0.4) is 0 Å². The molecule has 182 valence electrons. The van der Waals surface area contributed by atoms with Gasteiger partial charge in [-0.05, 0) is 25.9 Å². The van der Waals surface area contributed by atoms with Gasteiger partial charge < -0.3 is 47.8 Å². The molecular weight excluding hydrogens is 408 g/mol. The van der Waals surface area contributed by atoms with Crippen LogP contribution in [-0.2, 0) is 28.6 Å². The van der Waals surface area contributed by atoms with E-state index in [1.807, 2.05) is 0 Å². The number of hydrogen-bond acceptors (Lipinski definition) is 9. The lowest BCUT2D eigenvalue weighted by atomic mass is 10.1. The second-order valence-corrected chi connectivity index (χ2v) is 7.22. The number of hydrogen-bond donors (Lipinski definition) is 6. The first-order valence-electron chi connectivity index (χ1n) is 10.6. The van der Waals surface area contributed by atoms with E-state index in [2.05, 4.69) is 10.6 Å². The minimum atomic E-state index is -1.01. The summed E-state index contributed by atoms with van der Waals surface area (Å²) in [5.74, 6) is -0.743. The molecule has 0 saturated carbocycles. The molecule has 0 aromatic rings. The van der Waals surface area contributed by atoms with E-state index >= 15 is 0 Å². The van der Waals surface area contributed by atoms with Crippen molar-refractivity contribution in [2.24, 2.45) is 22.9 Å². The van der Waals surface area contributed by atoms with Crippen molar-refractivity contribution in [3.63, 3.8) is 0 Å². The molecule has 3 amide bonds. The highest BCUT2D eigenvalue weighted by Gasteiger charge is 2.27. The predicted octanol–water partition coefficient (Wildman–Crippen LogP) is -2.68. The largest absolute Gasteiger partial charge is 0.379 e. The minimum Gasteiger partial charge on any atom is -0.379 e. The molecule has 0 bridgehead atoms. The van der Waals surface area contributed by atoms with E-state index in [-0.39, 0.29) is 70.7 Å². The second kappa shape index (κ2) is 18.9. The van der Waals surface area contributed by atoms with Crippen LogP contribution < -0.4 is 33.6 Å². The van der Waals surface area contributed by atoms with Gasteiger partial charge in [0.1, 0.15) is 0 Å². The lowest BCUT2D eigenvalue weighted by Gasteiger charge is -2.29. The number of nitrogens with two attached hydrogens (primary N) is 4. The Bertz CT molecular complexity index is 478. The Labute approximate surface area is 184 Å². The highest BCUT2D eigenvalue weighted by atomic mass is 16.5. The first-order chi connectivity index (χ1) is 14.8. The summed E-state index contributed by atoms with van der Waals surface area (Å²) in [4.78, 5) is 34.2. The quantitative estimate of drug-likeness (QED) is 0.101. The van der Waals surface area contributed by atoms with Gasteiger partial charge in [-0.25, -0.2) is 0 Å². The number of primary amides is 1. The maximum absolute atomic E-state index is 11.7. The third-order valence-electron chi connectivity index (χ3n) is 4.01. The highest BCUT2D eigenvalue weighted by molar-refractivity contribution is 5.76. The van der Waals surface area contributed by atoms with Gasteiger partial charge >= 0.3 is 0 Å². The van der Waals surface area contributed by atoms with Crippen LogP contribution in [0.1, 0.15) is 32.1 Å². The van der Waals surface area contributed by atoms with Crippen LogP contribution in [0, 0.1) is 0 Å². The Morgan fingerprint density at radius 2 is 1.10 bits per heavy atom. The van der Waals surface area contributed by atoms with Crippen molar-refractivity contribution in [1.82, 2.24) is 10.6 Å². The smallest absolute Gasteiger partial charge is 0.222 e. The van der Waals surface area contributed by atoms with Crippen molar-refractivity contribution in [1.29, 1.82) is 0 Å². The first kappa shape index (κ1) is 29.2. The van der Waals surface area contributed by atoms with E-state index in [0.717, 1.165) is 0 Å². The summed E-state index contributed by atoms with van der Waals surface area (Å²) in [7, 11) is 0. The summed E-state index contributed by atoms with van der Waals surface area (Å²) in [6.07, 6.45) is 1.87. The molecule has 0 heterocycles. The Hall–Kier alpha value is -1.83. The molecule has 0 fully saturated rings. The van der Waals surface area contributed by atoms with Crippen LogP contribution in [-0.4, -0.2) is 89.1 Å². The molecule has 0 aromatic carbocycles. The van der Waals surface area contributed by atoms with Crippen LogP contribution in [0.15, 0.2) is 0 Å². The van der Waals surface area contributed by atoms with Gasteiger partial charge in [0.05, 0.1) is 45.2 Å².